The van der Waals surface area contributed by atoms with Crippen LogP contribution in [0.3, 0.4) is 0 Å². The fourth-order valence-corrected chi connectivity index (χ4v) is 3.06. The Morgan fingerprint density at radius 3 is 2.04 bits per heavy atom. The van der Waals surface area contributed by atoms with Crippen LogP contribution < -0.4 is 5.32 Å². The lowest BCUT2D eigenvalue weighted by Crippen LogP contribution is -2.45. The number of piperazine rings is 1. The first-order valence-corrected chi connectivity index (χ1v) is 8.29. The van der Waals surface area contributed by atoms with E-state index in [1.54, 1.807) is 0 Å². The predicted octanol–water partition coefficient (Wildman–Crippen LogP) is 4.69. The number of rotatable bonds is 4. The SMILES string of the molecule is CC(C)(C)c1ccc([C@H](CCC(F)(F)F)N2CCNCC2)cc1.Cl. The largest absolute Gasteiger partial charge is 0.389 e. The van der Waals surface area contributed by atoms with Crippen molar-refractivity contribution < 1.29 is 13.2 Å². The summed E-state index contributed by atoms with van der Waals surface area (Å²) in [4.78, 5) is 2.17. The highest BCUT2D eigenvalue weighted by atomic mass is 35.5. The molecular weight excluding hydrogens is 337 g/mol. The van der Waals surface area contributed by atoms with Gasteiger partial charge in [0.15, 0.2) is 0 Å². The van der Waals surface area contributed by atoms with Gasteiger partial charge >= 0.3 is 6.18 Å². The van der Waals surface area contributed by atoms with Gasteiger partial charge in [-0.15, -0.1) is 12.4 Å². The molecule has 0 saturated carbocycles. The van der Waals surface area contributed by atoms with Crippen LogP contribution in [0.1, 0.15) is 50.8 Å². The van der Waals surface area contributed by atoms with Gasteiger partial charge < -0.3 is 5.32 Å². The number of hydrogen-bond donors (Lipinski definition) is 1. The summed E-state index contributed by atoms with van der Waals surface area (Å²) in [6.07, 6.45) is -4.71. The third-order valence-corrected chi connectivity index (χ3v) is 4.46. The minimum Gasteiger partial charge on any atom is -0.314 e. The molecule has 1 aliphatic heterocycles. The molecule has 1 aromatic rings. The quantitative estimate of drug-likeness (QED) is 0.833. The van der Waals surface area contributed by atoms with E-state index in [0.717, 1.165) is 31.7 Å². The highest BCUT2D eigenvalue weighted by Crippen LogP contribution is 2.33. The smallest absolute Gasteiger partial charge is 0.314 e. The van der Waals surface area contributed by atoms with E-state index in [0.29, 0.717) is 0 Å². The van der Waals surface area contributed by atoms with Gasteiger partial charge in [-0.1, -0.05) is 45.0 Å². The summed E-state index contributed by atoms with van der Waals surface area (Å²) < 4.78 is 38.1. The summed E-state index contributed by atoms with van der Waals surface area (Å²) in [5.41, 5.74) is 2.25. The van der Waals surface area contributed by atoms with E-state index in [-0.39, 0.29) is 30.3 Å². The Morgan fingerprint density at radius 2 is 1.58 bits per heavy atom. The third kappa shape index (κ3) is 6.26. The molecule has 138 valence electrons. The summed E-state index contributed by atoms with van der Waals surface area (Å²) >= 11 is 0. The molecule has 1 fully saturated rings. The van der Waals surface area contributed by atoms with Crippen LogP contribution in [-0.2, 0) is 5.41 Å². The van der Waals surface area contributed by atoms with Crippen molar-refractivity contribution in [3.63, 3.8) is 0 Å². The molecule has 24 heavy (non-hydrogen) atoms. The lowest BCUT2D eigenvalue weighted by atomic mass is 9.86. The molecule has 1 saturated heterocycles. The Labute approximate surface area is 149 Å². The molecule has 0 bridgehead atoms. The van der Waals surface area contributed by atoms with Crippen LogP contribution in [0.2, 0.25) is 0 Å². The van der Waals surface area contributed by atoms with Crippen molar-refractivity contribution in [2.75, 3.05) is 26.2 Å². The highest BCUT2D eigenvalue weighted by molar-refractivity contribution is 5.85. The van der Waals surface area contributed by atoms with Crippen molar-refractivity contribution in [3.05, 3.63) is 35.4 Å². The minimum absolute atomic E-state index is 0. The first-order valence-electron chi connectivity index (χ1n) is 8.29. The number of benzene rings is 1. The fourth-order valence-electron chi connectivity index (χ4n) is 3.06. The summed E-state index contributed by atoms with van der Waals surface area (Å²) in [5, 5.41) is 3.26. The first-order chi connectivity index (χ1) is 10.7. The Bertz CT molecular complexity index is 488. The normalized spacial score (nSPS) is 18.1. The van der Waals surface area contributed by atoms with Gasteiger partial charge in [0.05, 0.1) is 0 Å². The van der Waals surface area contributed by atoms with Gasteiger partial charge in [0.2, 0.25) is 0 Å². The highest BCUT2D eigenvalue weighted by Gasteiger charge is 2.31. The molecule has 0 unspecified atom stereocenters. The average molecular weight is 365 g/mol. The summed E-state index contributed by atoms with van der Waals surface area (Å²) in [6, 6.07) is 7.96. The maximum atomic E-state index is 12.7. The summed E-state index contributed by atoms with van der Waals surface area (Å²) in [7, 11) is 0. The number of alkyl halides is 3. The van der Waals surface area contributed by atoms with Crippen LogP contribution in [-0.4, -0.2) is 37.3 Å². The van der Waals surface area contributed by atoms with Crippen molar-refractivity contribution in [2.45, 2.75) is 51.2 Å². The van der Waals surface area contributed by atoms with Crippen LogP contribution in [0.25, 0.3) is 0 Å². The van der Waals surface area contributed by atoms with Crippen molar-refractivity contribution >= 4 is 12.4 Å². The molecule has 2 rings (SSSR count). The van der Waals surface area contributed by atoms with Crippen LogP contribution in [0.15, 0.2) is 24.3 Å². The predicted molar refractivity (Wildman–Crippen MR) is 94.9 cm³/mol. The van der Waals surface area contributed by atoms with Gasteiger partial charge in [-0.2, -0.15) is 13.2 Å². The van der Waals surface area contributed by atoms with Crippen molar-refractivity contribution in [2.24, 2.45) is 0 Å². The topological polar surface area (TPSA) is 15.3 Å². The molecule has 0 radical (unpaired) electrons. The van der Waals surface area contributed by atoms with Gasteiger partial charge in [-0.25, -0.2) is 0 Å². The molecule has 0 aromatic heterocycles. The molecule has 0 amide bonds. The zero-order valence-electron chi connectivity index (χ0n) is 14.6. The molecule has 6 heteroatoms. The Hall–Kier alpha value is -0.780. The zero-order chi connectivity index (χ0) is 17.1. The molecular formula is C18H28ClF3N2. The van der Waals surface area contributed by atoms with Crippen LogP contribution in [0.4, 0.5) is 13.2 Å². The van der Waals surface area contributed by atoms with Crippen molar-refractivity contribution in [3.8, 4) is 0 Å². The fraction of sp³-hybridized carbons (Fsp3) is 0.667. The van der Waals surface area contributed by atoms with Gasteiger partial charge in [0.1, 0.15) is 0 Å². The lowest BCUT2D eigenvalue weighted by Gasteiger charge is -2.35. The summed E-state index contributed by atoms with van der Waals surface area (Å²) in [5.74, 6) is 0. The van der Waals surface area contributed by atoms with Crippen molar-refractivity contribution in [1.82, 2.24) is 10.2 Å². The molecule has 1 N–H and O–H groups in total. The summed E-state index contributed by atoms with van der Waals surface area (Å²) in [6.45, 7) is 9.68. The van der Waals surface area contributed by atoms with Crippen LogP contribution in [0.5, 0.6) is 0 Å². The molecule has 1 atom stereocenters. The second-order valence-electron chi connectivity index (χ2n) is 7.33. The Balaban J connectivity index is 0.00000288. The number of halogens is 4. The van der Waals surface area contributed by atoms with Crippen LogP contribution in [0, 0.1) is 0 Å². The van der Waals surface area contributed by atoms with E-state index < -0.39 is 12.6 Å². The monoisotopic (exact) mass is 364 g/mol. The van der Waals surface area contributed by atoms with Crippen molar-refractivity contribution in [1.29, 1.82) is 0 Å². The lowest BCUT2D eigenvalue weighted by molar-refractivity contribution is -0.138. The Kier molecular flexibility index (Phi) is 7.57. The van der Waals surface area contributed by atoms with E-state index in [2.05, 4.69) is 43.1 Å². The Morgan fingerprint density at radius 1 is 1.04 bits per heavy atom. The van der Waals surface area contributed by atoms with Gasteiger partial charge in [0, 0.05) is 38.6 Å². The zero-order valence-corrected chi connectivity index (χ0v) is 15.4. The second kappa shape index (κ2) is 8.54. The standard InChI is InChI=1S/C18H27F3N2.ClH/c1-17(2,3)15-6-4-14(5-7-15)16(8-9-18(19,20)21)23-12-10-22-11-13-23;/h4-7,16,22H,8-13H2,1-3H3;1H/t16-;/m0./s1. The first kappa shape index (κ1) is 21.3. The van der Waals surface area contributed by atoms with E-state index in [1.165, 1.54) is 5.56 Å². The third-order valence-electron chi connectivity index (χ3n) is 4.46. The van der Waals surface area contributed by atoms with E-state index >= 15 is 0 Å². The number of nitrogens with one attached hydrogen (secondary N) is 1. The molecule has 2 nitrogen and oxygen atoms in total. The molecule has 1 heterocycles. The minimum atomic E-state index is -4.10. The molecule has 0 spiro atoms. The van der Waals surface area contributed by atoms with Crippen LogP contribution >= 0.6 is 12.4 Å². The molecule has 1 aliphatic rings. The molecule has 1 aromatic carbocycles. The molecule has 0 aliphatic carbocycles. The van der Waals surface area contributed by atoms with E-state index in [4.69, 9.17) is 0 Å². The van der Waals surface area contributed by atoms with E-state index in [9.17, 15) is 13.2 Å². The van der Waals surface area contributed by atoms with Gasteiger partial charge in [0.25, 0.3) is 0 Å². The maximum absolute atomic E-state index is 12.7. The van der Waals surface area contributed by atoms with Gasteiger partial charge in [-0.3, -0.25) is 4.90 Å². The number of hydrogen-bond acceptors (Lipinski definition) is 2. The van der Waals surface area contributed by atoms with Gasteiger partial charge in [-0.05, 0) is 23.0 Å². The number of nitrogens with zero attached hydrogens (tertiary/aromatic N) is 1. The maximum Gasteiger partial charge on any atom is 0.389 e. The second-order valence-corrected chi connectivity index (χ2v) is 7.33. The van der Waals surface area contributed by atoms with E-state index in [1.807, 2.05) is 12.1 Å². The average Bonchev–Trinajstić information content (AvgIpc) is 2.47.